The molecule has 0 aromatic heterocycles. The Morgan fingerprint density at radius 1 is 0.333 bits per heavy atom. The number of rotatable bonds is 12. The molecule has 0 unspecified atom stereocenters. The minimum atomic E-state index is 1.15. The summed E-state index contributed by atoms with van der Waals surface area (Å²) in [5.74, 6) is 0. The smallest absolute Gasteiger partial charge is 0.0136 e. The molecule has 0 saturated heterocycles. The molecule has 0 spiro atoms. The van der Waals surface area contributed by atoms with Crippen LogP contribution in [0, 0.1) is 0 Å². The van der Waals surface area contributed by atoms with E-state index in [2.05, 4.69) is 77.9 Å². The average Bonchev–Trinajstić information content (AvgIpc) is 2.89. The first-order chi connectivity index (χ1) is 17.6. The third kappa shape index (κ3) is 4.81. The Bertz CT molecular complexity index is 1230. The fraction of sp³-hybridized carbons (Fsp3) is 0.500. The van der Waals surface area contributed by atoms with Gasteiger partial charge in [-0.15, -0.1) is 0 Å². The van der Waals surface area contributed by atoms with E-state index in [0.717, 1.165) is 12.8 Å². The van der Waals surface area contributed by atoms with Crippen LogP contribution in [0.15, 0.2) is 36.4 Å². The van der Waals surface area contributed by atoms with Crippen molar-refractivity contribution in [1.29, 1.82) is 0 Å². The number of benzene rings is 4. The maximum atomic E-state index is 2.65. The number of fused-ring (bicyclic) bond motifs is 3. The van der Waals surface area contributed by atoms with Crippen LogP contribution in [0.5, 0.6) is 0 Å². The fourth-order valence-electron chi connectivity index (χ4n) is 6.80. The molecule has 4 rings (SSSR count). The molecule has 192 valence electrons. The van der Waals surface area contributed by atoms with Crippen LogP contribution in [-0.4, -0.2) is 0 Å². The highest BCUT2D eigenvalue weighted by molar-refractivity contribution is 6.11. The van der Waals surface area contributed by atoms with E-state index in [1.165, 1.54) is 85.8 Å². The molecule has 4 aromatic carbocycles. The normalized spacial score (nSPS) is 11.8. The summed E-state index contributed by atoms with van der Waals surface area (Å²) < 4.78 is 0. The Kier molecular flexibility index (Phi) is 9.10. The zero-order valence-electron chi connectivity index (χ0n) is 23.9. The van der Waals surface area contributed by atoms with E-state index in [9.17, 15) is 0 Å². The summed E-state index contributed by atoms with van der Waals surface area (Å²) in [7, 11) is 0. The molecule has 4 aromatic rings. The van der Waals surface area contributed by atoms with Gasteiger partial charge in [0.05, 0.1) is 0 Å². The maximum Gasteiger partial charge on any atom is -0.0136 e. The lowest BCUT2D eigenvalue weighted by Gasteiger charge is -2.24. The average molecular weight is 481 g/mol. The van der Waals surface area contributed by atoms with Gasteiger partial charge in [-0.3, -0.25) is 0 Å². The highest BCUT2D eigenvalue weighted by atomic mass is 14.2. The fourth-order valence-corrected chi connectivity index (χ4v) is 6.80. The first kappa shape index (κ1) is 26.7. The van der Waals surface area contributed by atoms with Crippen molar-refractivity contribution < 1.29 is 0 Å². The second-order valence-corrected chi connectivity index (χ2v) is 10.9. The Balaban J connectivity index is 2.26. The Morgan fingerprint density at radius 2 is 0.611 bits per heavy atom. The van der Waals surface area contributed by atoms with Gasteiger partial charge in [-0.2, -0.15) is 0 Å². The Morgan fingerprint density at radius 3 is 0.944 bits per heavy atom. The van der Waals surface area contributed by atoms with Crippen LogP contribution < -0.4 is 0 Å². The predicted octanol–water partition coefficient (Wildman–Crippen LogP) is 10.9. The first-order valence-corrected chi connectivity index (χ1v) is 15.1. The molecular formula is C36H48. The predicted molar refractivity (Wildman–Crippen MR) is 163 cm³/mol. The van der Waals surface area contributed by atoms with E-state index in [4.69, 9.17) is 0 Å². The van der Waals surface area contributed by atoms with Crippen molar-refractivity contribution in [3.63, 3.8) is 0 Å². The molecule has 0 heterocycles. The number of hydrogen-bond donors (Lipinski definition) is 0. The van der Waals surface area contributed by atoms with Gasteiger partial charge in [-0.1, -0.05) is 104 Å². The van der Waals surface area contributed by atoms with E-state index < -0.39 is 0 Å². The second-order valence-electron chi connectivity index (χ2n) is 10.9. The van der Waals surface area contributed by atoms with E-state index in [1.54, 1.807) is 44.2 Å². The lowest BCUT2D eigenvalue weighted by Crippen LogP contribution is -2.08. The molecule has 0 aliphatic carbocycles. The van der Waals surface area contributed by atoms with Crippen LogP contribution in [0.3, 0.4) is 0 Å². The highest BCUT2D eigenvalue weighted by Gasteiger charge is 2.21. The van der Waals surface area contributed by atoms with Gasteiger partial charge in [0.1, 0.15) is 0 Å². The van der Waals surface area contributed by atoms with Crippen molar-refractivity contribution in [1.82, 2.24) is 0 Å². The zero-order valence-corrected chi connectivity index (χ0v) is 23.9. The van der Waals surface area contributed by atoms with Gasteiger partial charge in [0.25, 0.3) is 0 Å². The van der Waals surface area contributed by atoms with Gasteiger partial charge in [-0.25, -0.2) is 0 Å². The van der Waals surface area contributed by atoms with Crippen molar-refractivity contribution in [3.05, 3.63) is 69.8 Å². The molecule has 0 N–H and O–H groups in total. The molecule has 0 bridgehead atoms. The van der Waals surface area contributed by atoms with Crippen LogP contribution in [-0.2, 0) is 38.5 Å². The summed E-state index contributed by atoms with van der Waals surface area (Å²) in [5.41, 5.74) is 9.85. The standard InChI is InChI=1S/C36H48/c1-7-15-25-26(16-8-2)28(18-10-4)34-24-36-30(20-12-6)32-22-14-13-21-31(32)29(19-11-5)35(36)23-33(34)27(25)17-9-3/h13-14,21-24H,7-12,15-20H2,1-6H3. The largest absolute Gasteiger partial charge is 0.0651 e. The lowest BCUT2D eigenvalue weighted by atomic mass is 9.80. The van der Waals surface area contributed by atoms with Crippen molar-refractivity contribution >= 4 is 32.3 Å². The quantitative estimate of drug-likeness (QED) is 0.177. The SMILES string of the molecule is CCCc1c(CCC)c(CCC)c2cc3c(CCC)c4ccccc4c(CCC)c3cc2c1CCC. The van der Waals surface area contributed by atoms with E-state index >= 15 is 0 Å². The molecule has 0 heteroatoms. The molecule has 0 amide bonds. The summed E-state index contributed by atoms with van der Waals surface area (Å²) in [6, 6.07) is 14.5. The van der Waals surface area contributed by atoms with Crippen molar-refractivity contribution in [3.8, 4) is 0 Å². The molecule has 0 fully saturated rings. The van der Waals surface area contributed by atoms with Crippen molar-refractivity contribution in [2.45, 2.75) is 119 Å². The van der Waals surface area contributed by atoms with Crippen LogP contribution >= 0.6 is 0 Å². The molecule has 0 aliphatic rings. The van der Waals surface area contributed by atoms with Gasteiger partial charge in [-0.05, 0) is 116 Å². The highest BCUT2D eigenvalue weighted by Crippen LogP contribution is 2.41. The molecule has 0 aliphatic heterocycles. The zero-order chi connectivity index (χ0) is 25.7. The van der Waals surface area contributed by atoms with Crippen molar-refractivity contribution in [2.24, 2.45) is 0 Å². The third-order valence-electron chi connectivity index (χ3n) is 8.13. The van der Waals surface area contributed by atoms with Crippen LogP contribution in [0.25, 0.3) is 32.3 Å². The molecule has 36 heavy (non-hydrogen) atoms. The lowest BCUT2D eigenvalue weighted by molar-refractivity contribution is 0.810. The van der Waals surface area contributed by atoms with E-state index in [1.807, 2.05) is 0 Å². The van der Waals surface area contributed by atoms with Crippen LogP contribution in [0.1, 0.15) is 113 Å². The number of aryl methyl sites for hydroxylation is 4. The Labute approximate surface area is 220 Å². The molecular weight excluding hydrogens is 432 g/mol. The van der Waals surface area contributed by atoms with Gasteiger partial charge in [0.15, 0.2) is 0 Å². The summed E-state index contributed by atoms with van der Waals surface area (Å²) >= 11 is 0. The van der Waals surface area contributed by atoms with Gasteiger partial charge in [0.2, 0.25) is 0 Å². The minimum absolute atomic E-state index is 1.15. The topological polar surface area (TPSA) is 0 Å². The Hall–Kier alpha value is -2.34. The second kappa shape index (κ2) is 12.3. The van der Waals surface area contributed by atoms with Crippen LogP contribution in [0.4, 0.5) is 0 Å². The van der Waals surface area contributed by atoms with Crippen molar-refractivity contribution in [2.75, 3.05) is 0 Å². The maximum absolute atomic E-state index is 2.65. The summed E-state index contributed by atoms with van der Waals surface area (Å²) in [4.78, 5) is 0. The van der Waals surface area contributed by atoms with E-state index in [-0.39, 0.29) is 0 Å². The third-order valence-corrected chi connectivity index (χ3v) is 8.13. The van der Waals surface area contributed by atoms with Crippen LogP contribution in [0.2, 0.25) is 0 Å². The monoisotopic (exact) mass is 480 g/mol. The molecule has 0 nitrogen and oxygen atoms in total. The number of hydrogen-bond acceptors (Lipinski definition) is 0. The molecule has 0 atom stereocenters. The summed E-state index contributed by atoms with van der Waals surface area (Å²) in [5, 5.41) is 9.14. The van der Waals surface area contributed by atoms with E-state index in [0.29, 0.717) is 0 Å². The van der Waals surface area contributed by atoms with Gasteiger partial charge in [0, 0.05) is 0 Å². The summed E-state index contributed by atoms with van der Waals surface area (Å²) in [6.45, 7) is 14.1. The first-order valence-electron chi connectivity index (χ1n) is 15.1. The molecule has 0 radical (unpaired) electrons. The summed E-state index contributed by atoms with van der Waals surface area (Å²) in [6.07, 6.45) is 14.4. The molecule has 0 saturated carbocycles. The van der Waals surface area contributed by atoms with Gasteiger partial charge >= 0.3 is 0 Å². The van der Waals surface area contributed by atoms with Gasteiger partial charge < -0.3 is 0 Å². The minimum Gasteiger partial charge on any atom is -0.0651 e.